The second-order valence-electron chi connectivity index (χ2n) is 7.35. The van der Waals surface area contributed by atoms with Gasteiger partial charge in [0.15, 0.2) is 0 Å². The standard InChI is InChI=1S/C24H26N2OSi/c1-4-20(5-2)27-28(3,21-14-6-10-18-12-8-16-25-23(18)21)22-15-7-11-19-13-9-17-26-24(19)22/h6-17,20H,4-5H2,1-3H3. The van der Waals surface area contributed by atoms with E-state index in [-0.39, 0.29) is 6.10 Å². The lowest BCUT2D eigenvalue weighted by molar-refractivity contribution is 0.191. The number of hydrogen-bond acceptors (Lipinski definition) is 3. The molecule has 0 aliphatic rings. The van der Waals surface area contributed by atoms with Crippen molar-refractivity contribution in [2.45, 2.75) is 39.3 Å². The minimum Gasteiger partial charge on any atom is -0.405 e. The van der Waals surface area contributed by atoms with Crippen LogP contribution in [0, 0.1) is 0 Å². The third-order valence-corrected chi connectivity index (χ3v) is 9.27. The zero-order valence-corrected chi connectivity index (χ0v) is 17.7. The van der Waals surface area contributed by atoms with Gasteiger partial charge in [0.1, 0.15) is 0 Å². The largest absolute Gasteiger partial charge is 0.405 e. The van der Waals surface area contributed by atoms with Crippen LogP contribution >= 0.6 is 0 Å². The Morgan fingerprint density at radius 1 is 0.750 bits per heavy atom. The number of nitrogens with zero attached hydrogens (tertiary/aromatic N) is 2. The van der Waals surface area contributed by atoms with Gasteiger partial charge in [-0.05, 0) is 41.9 Å². The number of hydrogen-bond donors (Lipinski definition) is 0. The van der Waals surface area contributed by atoms with Gasteiger partial charge in [-0.1, -0.05) is 62.4 Å². The van der Waals surface area contributed by atoms with Gasteiger partial charge in [0, 0.05) is 29.3 Å². The van der Waals surface area contributed by atoms with E-state index >= 15 is 0 Å². The molecule has 0 bridgehead atoms. The first-order valence-electron chi connectivity index (χ1n) is 10.0. The van der Waals surface area contributed by atoms with Crippen LogP contribution in [0.15, 0.2) is 73.1 Å². The molecule has 142 valence electrons. The maximum atomic E-state index is 6.98. The predicted molar refractivity (Wildman–Crippen MR) is 120 cm³/mol. The Balaban J connectivity index is 2.02. The number of benzene rings is 2. The maximum absolute atomic E-state index is 6.98. The number of pyridine rings is 2. The van der Waals surface area contributed by atoms with Gasteiger partial charge in [-0.2, -0.15) is 0 Å². The quantitative estimate of drug-likeness (QED) is 0.451. The van der Waals surface area contributed by atoms with Crippen molar-refractivity contribution in [3.05, 3.63) is 73.1 Å². The lowest BCUT2D eigenvalue weighted by Crippen LogP contribution is -2.60. The fourth-order valence-electron chi connectivity index (χ4n) is 4.04. The molecule has 0 radical (unpaired) electrons. The Hall–Kier alpha value is -2.56. The highest BCUT2D eigenvalue weighted by Gasteiger charge is 2.39. The summed E-state index contributed by atoms with van der Waals surface area (Å²) in [6.45, 7) is 6.70. The summed E-state index contributed by atoms with van der Waals surface area (Å²) in [5.41, 5.74) is 2.08. The summed E-state index contributed by atoms with van der Waals surface area (Å²) in [5, 5.41) is 4.74. The summed E-state index contributed by atoms with van der Waals surface area (Å²) in [6, 6.07) is 21.1. The van der Waals surface area contributed by atoms with Gasteiger partial charge < -0.3 is 4.43 Å². The molecule has 4 heteroatoms. The van der Waals surface area contributed by atoms with Crippen LogP contribution in [0.4, 0.5) is 0 Å². The third-order valence-electron chi connectivity index (χ3n) is 5.61. The Bertz CT molecular complexity index is 1020. The van der Waals surface area contributed by atoms with E-state index in [0.29, 0.717) is 0 Å². The van der Waals surface area contributed by atoms with Gasteiger partial charge in [0.05, 0.1) is 11.0 Å². The van der Waals surface area contributed by atoms with Crippen LogP contribution in [0.1, 0.15) is 26.7 Å². The molecule has 2 heterocycles. The van der Waals surface area contributed by atoms with Crippen molar-refractivity contribution in [1.29, 1.82) is 0 Å². The summed E-state index contributed by atoms with van der Waals surface area (Å²) in [5.74, 6) is 0. The fourth-order valence-corrected chi connectivity index (χ4v) is 7.73. The predicted octanol–water partition coefficient (Wildman–Crippen LogP) is 4.68. The summed E-state index contributed by atoms with van der Waals surface area (Å²) in [6.07, 6.45) is 5.96. The number of para-hydroxylation sites is 2. The van der Waals surface area contributed by atoms with Crippen molar-refractivity contribution < 1.29 is 4.43 Å². The van der Waals surface area contributed by atoms with E-state index in [1.54, 1.807) is 0 Å². The fraction of sp³-hybridized carbons (Fsp3) is 0.250. The molecule has 0 N–H and O–H groups in total. The first-order chi connectivity index (χ1) is 13.7. The number of fused-ring (bicyclic) bond motifs is 2. The Kier molecular flexibility index (Phi) is 5.24. The second kappa shape index (κ2) is 7.82. The van der Waals surface area contributed by atoms with Gasteiger partial charge in [0.25, 0.3) is 8.32 Å². The highest BCUT2D eigenvalue weighted by atomic mass is 28.4. The smallest absolute Gasteiger partial charge is 0.257 e. The maximum Gasteiger partial charge on any atom is 0.257 e. The highest BCUT2D eigenvalue weighted by molar-refractivity contribution is 6.99. The zero-order chi connectivity index (χ0) is 19.6. The SMILES string of the molecule is CCC(CC)O[Si](C)(c1cccc2cccnc12)c1cccc2cccnc12. The van der Waals surface area contributed by atoms with Crippen LogP contribution in [0.5, 0.6) is 0 Å². The lowest BCUT2D eigenvalue weighted by Gasteiger charge is -2.33. The average molecular weight is 387 g/mol. The molecule has 3 nitrogen and oxygen atoms in total. The molecule has 0 amide bonds. The van der Waals surface area contributed by atoms with Crippen molar-refractivity contribution in [1.82, 2.24) is 9.97 Å². The van der Waals surface area contributed by atoms with Crippen LogP contribution in [0.2, 0.25) is 6.55 Å². The van der Waals surface area contributed by atoms with Crippen LogP contribution < -0.4 is 10.4 Å². The second-order valence-corrected chi connectivity index (χ2v) is 10.7. The average Bonchev–Trinajstić information content (AvgIpc) is 2.76. The minimum atomic E-state index is -2.56. The molecular weight excluding hydrogens is 360 g/mol. The van der Waals surface area contributed by atoms with Crippen molar-refractivity contribution in [3.8, 4) is 0 Å². The first-order valence-corrected chi connectivity index (χ1v) is 12.4. The molecular formula is C24H26N2OSi. The molecule has 0 saturated carbocycles. The molecule has 0 saturated heterocycles. The van der Waals surface area contributed by atoms with Gasteiger partial charge >= 0.3 is 0 Å². The van der Waals surface area contributed by atoms with Gasteiger partial charge in [-0.25, -0.2) is 0 Å². The Labute approximate surface area is 167 Å². The Morgan fingerprint density at radius 2 is 1.21 bits per heavy atom. The van der Waals surface area contributed by atoms with Crippen molar-refractivity contribution in [2.75, 3.05) is 0 Å². The summed E-state index contributed by atoms with van der Waals surface area (Å²) in [4.78, 5) is 9.49. The van der Waals surface area contributed by atoms with E-state index < -0.39 is 8.32 Å². The van der Waals surface area contributed by atoms with Crippen LogP contribution in [-0.2, 0) is 4.43 Å². The van der Waals surface area contributed by atoms with E-state index in [2.05, 4.69) is 68.9 Å². The zero-order valence-electron chi connectivity index (χ0n) is 16.7. The van der Waals surface area contributed by atoms with Crippen molar-refractivity contribution >= 4 is 40.5 Å². The van der Waals surface area contributed by atoms with E-state index in [4.69, 9.17) is 14.4 Å². The number of rotatable bonds is 6. The topological polar surface area (TPSA) is 35.0 Å². The third kappa shape index (κ3) is 3.23. The minimum absolute atomic E-state index is 0.217. The molecule has 0 fully saturated rings. The van der Waals surface area contributed by atoms with Crippen LogP contribution in [0.3, 0.4) is 0 Å². The Morgan fingerprint density at radius 3 is 1.68 bits per heavy atom. The van der Waals surface area contributed by atoms with E-state index in [1.807, 2.05) is 24.5 Å². The van der Waals surface area contributed by atoms with Crippen LogP contribution in [-0.4, -0.2) is 24.4 Å². The van der Waals surface area contributed by atoms with Crippen molar-refractivity contribution in [2.24, 2.45) is 0 Å². The lowest BCUT2D eigenvalue weighted by atomic mass is 10.2. The van der Waals surface area contributed by atoms with E-state index in [9.17, 15) is 0 Å². The molecule has 0 spiro atoms. The molecule has 0 aliphatic carbocycles. The summed E-state index contributed by atoms with van der Waals surface area (Å²) < 4.78 is 6.98. The van der Waals surface area contributed by atoms with Gasteiger partial charge in [0.2, 0.25) is 0 Å². The van der Waals surface area contributed by atoms with E-state index in [0.717, 1.165) is 34.6 Å². The first kappa shape index (κ1) is 18.8. The van der Waals surface area contributed by atoms with Crippen molar-refractivity contribution in [3.63, 3.8) is 0 Å². The molecule has 0 atom stereocenters. The molecule has 0 unspecified atom stereocenters. The molecule has 2 aromatic heterocycles. The van der Waals surface area contributed by atoms with Gasteiger partial charge in [-0.15, -0.1) is 0 Å². The molecule has 28 heavy (non-hydrogen) atoms. The highest BCUT2D eigenvalue weighted by Crippen LogP contribution is 2.21. The molecule has 4 aromatic rings. The number of aromatic nitrogens is 2. The summed E-state index contributed by atoms with van der Waals surface area (Å²) in [7, 11) is -2.56. The van der Waals surface area contributed by atoms with Gasteiger partial charge in [-0.3, -0.25) is 9.97 Å². The molecule has 4 rings (SSSR count). The van der Waals surface area contributed by atoms with Crippen LogP contribution in [0.25, 0.3) is 21.8 Å². The monoisotopic (exact) mass is 386 g/mol. The molecule has 2 aromatic carbocycles. The summed E-state index contributed by atoms with van der Waals surface area (Å²) >= 11 is 0. The van der Waals surface area contributed by atoms with E-state index in [1.165, 1.54) is 10.4 Å². The normalized spacial score (nSPS) is 12.1. The molecule has 0 aliphatic heterocycles.